The fourth-order valence-corrected chi connectivity index (χ4v) is 5.18. The van der Waals surface area contributed by atoms with Gasteiger partial charge in [0.25, 0.3) is 0 Å². The van der Waals surface area contributed by atoms with Gasteiger partial charge in [-0.05, 0) is 12.8 Å². The molecule has 282 valence electrons. The van der Waals surface area contributed by atoms with E-state index in [0.29, 0.717) is 58.2 Å². The smallest absolute Gasteiger partial charge is 0.386 e. The van der Waals surface area contributed by atoms with Crippen LogP contribution in [0.2, 0.25) is 0 Å². The summed E-state index contributed by atoms with van der Waals surface area (Å²) in [5.41, 5.74) is 5.19. The number of nitrogens with two attached hydrogens (primary N) is 1. The Balaban J connectivity index is 1.68. The average Bonchev–Trinajstić information content (AvgIpc) is 3.29. The predicted molar refractivity (Wildman–Crippen MR) is 166 cm³/mol. The van der Waals surface area contributed by atoms with Crippen LogP contribution in [0.4, 0.5) is 5.82 Å². The molecule has 1 aromatic heterocycles. The van der Waals surface area contributed by atoms with E-state index >= 15 is 0 Å². The lowest BCUT2D eigenvalue weighted by Gasteiger charge is -2.21. The number of nitrogens with zero attached hydrogens (tertiary/aromatic N) is 2. The lowest BCUT2D eigenvalue weighted by Crippen LogP contribution is -2.38. The van der Waals surface area contributed by atoms with Gasteiger partial charge in [-0.15, -0.1) is 0 Å². The molecule has 0 radical (unpaired) electrons. The number of rotatable bonds is 25. The second-order valence-electron chi connectivity index (χ2n) is 10.4. The van der Waals surface area contributed by atoms with E-state index in [2.05, 4.69) is 24.7 Å². The zero-order valence-corrected chi connectivity index (χ0v) is 28.6. The zero-order chi connectivity index (χ0) is 36.5. The fraction of sp³-hybridized carbons (Fsp3) is 0.760. The van der Waals surface area contributed by atoms with Gasteiger partial charge in [0.05, 0.1) is 59.5 Å². The molecule has 1 aliphatic rings. The number of nitrogens with one attached hydrogen (secondary N) is 2. The third-order valence-corrected chi connectivity index (χ3v) is 7.47. The van der Waals surface area contributed by atoms with Crippen molar-refractivity contribution in [1.29, 1.82) is 0 Å². The van der Waals surface area contributed by atoms with Gasteiger partial charge in [0.2, 0.25) is 11.8 Å². The lowest BCUT2D eigenvalue weighted by molar-refractivity contribution is -0.122. The molecule has 0 saturated carbocycles. The Morgan fingerprint density at radius 3 is 2.10 bits per heavy atom. The van der Waals surface area contributed by atoms with Gasteiger partial charge in [0.15, 0.2) is 6.23 Å². The molecule has 1 aromatic rings. The quantitative estimate of drug-likeness (QED) is 0.0373. The number of phosphoric acid groups is 2. The van der Waals surface area contributed by atoms with E-state index in [4.69, 9.17) is 39.2 Å². The minimum atomic E-state index is -5.23. The maximum Gasteiger partial charge on any atom is 0.470 e. The van der Waals surface area contributed by atoms with Crippen molar-refractivity contribution in [1.82, 2.24) is 20.2 Å². The van der Waals surface area contributed by atoms with Crippen LogP contribution < -0.4 is 22.1 Å². The average molecular weight is 750 g/mol. The number of anilines is 1. The van der Waals surface area contributed by atoms with Crippen LogP contribution in [-0.2, 0) is 57.9 Å². The first kappa shape index (κ1) is 42.8. The molecule has 9 N–H and O–H groups in total. The molecule has 0 spiro atoms. The number of nitrogen functional groups attached to an aromatic ring is 1. The topological polar surface area (TPSA) is 319 Å². The summed E-state index contributed by atoms with van der Waals surface area (Å²) in [5.74, 6) is -0.527. The summed E-state index contributed by atoms with van der Waals surface area (Å²) in [6.07, 6.45) is -5.13. The Hall–Kier alpha value is -2.40. The van der Waals surface area contributed by atoms with E-state index in [1.165, 1.54) is 13.1 Å². The number of carbonyl (C=O) groups is 2. The summed E-state index contributed by atoms with van der Waals surface area (Å²) < 4.78 is 59.1. The summed E-state index contributed by atoms with van der Waals surface area (Å²) in [6.45, 7) is 3.87. The van der Waals surface area contributed by atoms with E-state index in [1.54, 1.807) is 0 Å². The van der Waals surface area contributed by atoms with Crippen LogP contribution in [0.15, 0.2) is 11.0 Å². The Bertz CT molecular complexity index is 1330. The van der Waals surface area contributed by atoms with Crippen LogP contribution in [-0.4, -0.2) is 137 Å². The minimum Gasteiger partial charge on any atom is -0.386 e. The molecule has 4 atom stereocenters. The molecule has 2 amide bonds. The van der Waals surface area contributed by atoms with Gasteiger partial charge in [-0.25, -0.2) is 13.9 Å². The molecule has 1 fully saturated rings. The first-order valence-corrected chi connectivity index (χ1v) is 18.1. The van der Waals surface area contributed by atoms with Crippen LogP contribution in [0.1, 0.15) is 31.6 Å². The van der Waals surface area contributed by atoms with Crippen molar-refractivity contribution in [2.45, 2.75) is 50.7 Å². The minimum absolute atomic E-state index is 0.0985. The molecule has 2 heterocycles. The number of aryl methyl sites for hydroxylation is 1. The van der Waals surface area contributed by atoms with Crippen molar-refractivity contribution in [3.63, 3.8) is 0 Å². The SMILES string of the molecule is CC(=O)NCCOCCOCCOCCOCCC(=O)NCCCc1cn([C@@H]2O[C@H](COP(=O)(O)O)C(OP(=O)(O)O)C2O)c(=O)nc1N. The Morgan fingerprint density at radius 2 is 1.53 bits per heavy atom. The third-order valence-electron chi connectivity index (χ3n) is 6.47. The van der Waals surface area contributed by atoms with Crippen molar-refractivity contribution < 1.29 is 76.1 Å². The predicted octanol–water partition coefficient (Wildman–Crippen LogP) is -2.69. The number of hydrogen-bond donors (Lipinski definition) is 8. The van der Waals surface area contributed by atoms with Crippen molar-refractivity contribution in [3.8, 4) is 0 Å². The summed E-state index contributed by atoms with van der Waals surface area (Å²) in [5, 5.41) is 16.0. The highest BCUT2D eigenvalue weighted by molar-refractivity contribution is 7.46. The van der Waals surface area contributed by atoms with E-state index in [-0.39, 0.29) is 50.2 Å². The van der Waals surface area contributed by atoms with E-state index in [9.17, 15) is 38.4 Å². The summed E-state index contributed by atoms with van der Waals surface area (Å²) in [4.78, 5) is 75.5. The molecule has 2 rings (SSSR count). The highest BCUT2D eigenvalue weighted by atomic mass is 31.2. The van der Waals surface area contributed by atoms with E-state index < -0.39 is 52.5 Å². The summed E-state index contributed by atoms with van der Waals surface area (Å²) >= 11 is 0. The highest BCUT2D eigenvalue weighted by Gasteiger charge is 2.49. The molecule has 1 saturated heterocycles. The molecule has 1 aliphatic heterocycles. The van der Waals surface area contributed by atoms with Crippen molar-refractivity contribution >= 4 is 33.3 Å². The number of aliphatic hydroxyl groups excluding tert-OH is 1. The molecular formula is C25H45N5O17P2. The van der Waals surface area contributed by atoms with Gasteiger partial charge in [-0.2, -0.15) is 4.98 Å². The molecule has 49 heavy (non-hydrogen) atoms. The van der Waals surface area contributed by atoms with Crippen LogP contribution >= 0.6 is 15.6 Å². The van der Waals surface area contributed by atoms with Crippen LogP contribution in [0.5, 0.6) is 0 Å². The first-order valence-electron chi connectivity index (χ1n) is 15.0. The van der Waals surface area contributed by atoms with E-state index in [0.717, 1.165) is 4.57 Å². The molecular weight excluding hydrogens is 704 g/mol. The van der Waals surface area contributed by atoms with Crippen LogP contribution in [0, 0.1) is 0 Å². The molecule has 24 heteroatoms. The van der Waals surface area contributed by atoms with Gasteiger partial charge in [0, 0.05) is 38.2 Å². The van der Waals surface area contributed by atoms with Crippen molar-refractivity contribution in [2.24, 2.45) is 0 Å². The molecule has 0 aromatic carbocycles. The second kappa shape index (κ2) is 21.7. The molecule has 0 aliphatic carbocycles. The largest absolute Gasteiger partial charge is 0.470 e. The monoisotopic (exact) mass is 749 g/mol. The van der Waals surface area contributed by atoms with Gasteiger partial charge in [0.1, 0.15) is 24.1 Å². The van der Waals surface area contributed by atoms with Gasteiger partial charge >= 0.3 is 21.3 Å². The number of aromatic nitrogens is 2. The maximum absolute atomic E-state index is 12.6. The zero-order valence-electron chi connectivity index (χ0n) is 26.8. The second-order valence-corrected chi connectivity index (χ2v) is 12.8. The molecule has 22 nitrogen and oxygen atoms in total. The molecule has 0 bridgehead atoms. The Labute approximate surface area is 281 Å². The maximum atomic E-state index is 12.6. The number of carbonyl (C=O) groups excluding carboxylic acids is 2. The number of amides is 2. The summed E-state index contributed by atoms with van der Waals surface area (Å²) in [6, 6.07) is 0. The lowest BCUT2D eigenvalue weighted by atomic mass is 10.1. The number of hydrogen-bond acceptors (Lipinski definition) is 15. The Kier molecular flexibility index (Phi) is 19.0. The number of ether oxygens (including phenoxy) is 5. The van der Waals surface area contributed by atoms with Crippen molar-refractivity contribution in [3.05, 3.63) is 22.2 Å². The number of aliphatic hydroxyl groups is 1. The van der Waals surface area contributed by atoms with Gasteiger partial charge < -0.3 is 64.7 Å². The van der Waals surface area contributed by atoms with E-state index in [1.807, 2.05) is 0 Å². The van der Waals surface area contributed by atoms with Gasteiger partial charge in [-0.1, -0.05) is 0 Å². The number of phosphoric ester groups is 2. The first-order chi connectivity index (χ1) is 23.1. The highest BCUT2D eigenvalue weighted by Crippen LogP contribution is 2.45. The third kappa shape index (κ3) is 17.9. The van der Waals surface area contributed by atoms with Crippen LogP contribution in [0.3, 0.4) is 0 Å². The standard InChI is InChI=1S/C25H45N5O17P2/c1-17(31)27-6-8-42-10-12-44-14-13-43-11-9-41-7-4-20(32)28-5-2-3-18-15-30(25(34)29-23(18)26)24-21(33)22(47-49(38,39)40)19(46-24)16-45-48(35,36)37/h15,19,21-22,24,33H,2-14,16H2,1H3,(H,27,31)(H,28,32)(H2,26,29,34)(H2,35,36,37)(H2,38,39,40)/t19-,21?,22?,24-/m1/s1. The fourth-order valence-electron chi connectivity index (χ4n) is 4.26. The Morgan fingerprint density at radius 1 is 0.939 bits per heavy atom. The summed E-state index contributed by atoms with van der Waals surface area (Å²) in [7, 11) is -10.3. The van der Waals surface area contributed by atoms with Crippen molar-refractivity contribution in [2.75, 3.05) is 78.3 Å². The van der Waals surface area contributed by atoms with Gasteiger partial charge in [-0.3, -0.25) is 23.2 Å². The molecule has 2 unspecified atom stereocenters. The van der Waals surface area contributed by atoms with Crippen LogP contribution in [0.25, 0.3) is 0 Å². The normalized spacial score (nSPS) is 19.6.